The van der Waals surface area contributed by atoms with Crippen LogP contribution in [-0.4, -0.2) is 80.6 Å². The van der Waals surface area contributed by atoms with E-state index in [-0.39, 0.29) is 30.4 Å². The lowest BCUT2D eigenvalue weighted by Crippen LogP contribution is -2.54. The third-order valence-electron chi connectivity index (χ3n) is 7.71. The van der Waals surface area contributed by atoms with Gasteiger partial charge in [-0.3, -0.25) is 14.4 Å². The molecule has 0 bridgehead atoms. The number of carbonyl (C=O) groups excluding carboxylic acids is 3. The van der Waals surface area contributed by atoms with Crippen molar-refractivity contribution in [1.29, 1.82) is 0 Å². The maximum Gasteiger partial charge on any atom is 0.311 e. The zero-order valence-corrected chi connectivity index (χ0v) is 21.4. The number of hydrogen-bond donors (Lipinski definition) is 1. The lowest BCUT2D eigenvalue weighted by Gasteiger charge is -2.37. The fourth-order valence-corrected chi connectivity index (χ4v) is 8.26. The molecule has 34 heavy (non-hydrogen) atoms. The Balaban J connectivity index is 1.76. The molecule has 2 fully saturated rings. The molecule has 188 valence electrons. The summed E-state index contributed by atoms with van der Waals surface area (Å²) >= 11 is 1.60. The summed E-state index contributed by atoms with van der Waals surface area (Å²) in [6, 6.07) is -0.626. The van der Waals surface area contributed by atoms with Crippen LogP contribution in [0.2, 0.25) is 0 Å². The molecule has 5 atom stereocenters. The quantitative estimate of drug-likeness (QED) is 0.335. The molecule has 1 unspecified atom stereocenters. The van der Waals surface area contributed by atoms with Gasteiger partial charge < -0.3 is 19.6 Å². The van der Waals surface area contributed by atoms with Gasteiger partial charge in [0.25, 0.3) is 0 Å². The van der Waals surface area contributed by atoms with Crippen LogP contribution in [-0.2, 0) is 19.1 Å². The number of ether oxygens (including phenoxy) is 1. The van der Waals surface area contributed by atoms with Gasteiger partial charge in [0.1, 0.15) is 6.04 Å². The van der Waals surface area contributed by atoms with Gasteiger partial charge in [-0.1, -0.05) is 37.1 Å². The molecule has 1 spiro atoms. The summed E-state index contributed by atoms with van der Waals surface area (Å²) in [7, 11) is 0. The number of rotatable bonds is 7. The molecule has 8 heteroatoms. The van der Waals surface area contributed by atoms with Crippen molar-refractivity contribution in [3.63, 3.8) is 0 Å². The van der Waals surface area contributed by atoms with Crippen molar-refractivity contribution >= 4 is 29.5 Å². The van der Waals surface area contributed by atoms with E-state index < -0.39 is 27.4 Å². The molecule has 4 rings (SSSR count). The van der Waals surface area contributed by atoms with E-state index in [4.69, 9.17) is 9.84 Å². The van der Waals surface area contributed by atoms with E-state index in [1.165, 1.54) is 0 Å². The van der Waals surface area contributed by atoms with Crippen molar-refractivity contribution in [2.45, 2.75) is 80.9 Å². The third kappa shape index (κ3) is 4.21. The van der Waals surface area contributed by atoms with E-state index in [0.29, 0.717) is 19.7 Å². The second-order valence-electron chi connectivity index (χ2n) is 10.4. The number of aliphatic hydroxyl groups is 1. The maximum atomic E-state index is 14.1. The van der Waals surface area contributed by atoms with Crippen molar-refractivity contribution in [3.8, 4) is 0 Å². The van der Waals surface area contributed by atoms with Crippen LogP contribution in [0.4, 0.5) is 0 Å². The Hall–Kier alpha value is -1.80. The second kappa shape index (κ2) is 10.1. The molecule has 1 N–H and O–H groups in total. The Morgan fingerprint density at radius 1 is 1.09 bits per heavy atom. The zero-order valence-electron chi connectivity index (χ0n) is 20.6. The molecule has 0 aromatic heterocycles. The number of esters is 1. The highest BCUT2D eigenvalue weighted by Crippen LogP contribution is 2.65. The minimum absolute atomic E-state index is 0.0110. The van der Waals surface area contributed by atoms with Gasteiger partial charge in [0.2, 0.25) is 11.8 Å². The lowest BCUT2D eigenvalue weighted by atomic mass is 9.74. The van der Waals surface area contributed by atoms with E-state index in [2.05, 4.69) is 18.2 Å². The largest absolute Gasteiger partial charge is 0.465 e. The molecule has 2 saturated heterocycles. The van der Waals surface area contributed by atoms with Gasteiger partial charge in [-0.15, -0.1) is 11.8 Å². The molecule has 4 aliphatic rings. The lowest BCUT2D eigenvalue weighted by molar-refractivity contribution is -0.154. The van der Waals surface area contributed by atoms with E-state index in [1.807, 2.05) is 31.7 Å². The number of nitrogens with zero attached hydrogens (tertiary/aromatic N) is 2. The first kappa shape index (κ1) is 25.3. The summed E-state index contributed by atoms with van der Waals surface area (Å²) in [5.74, 6) is -1.74. The number of unbranched alkanes of at least 4 members (excludes halogenated alkanes) is 3. The summed E-state index contributed by atoms with van der Waals surface area (Å²) < 4.78 is 4.23. The third-order valence-corrected chi connectivity index (χ3v) is 9.51. The summed E-state index contributed by atoms with van der Waals surface area (Å²) in [5.41, 5.74) is 0. The van der Waals surface area contributed by atoms with Gasteiger partial charge in [0.05, 0.1) is 23.2 Å². The number of cyclic esters (lactones) is 1. The van der Waals surface area contributed by atoms with E-state index in [0.717, 1.165) is 38.5 Å². The number of amides is 2. The predicted octanol–water partition coefficient (Wildman–Crippen LogP) is 2.93. The monoisotopic (exact) mass is 490 g/mol. The first-order valence-electron chi connectivity index (χ1n) is 12.7. The highest BCUT2D eigenvalue weighted by Gasteiger charge is 2.73. The van der Waals surface area contributed by atoms with Crippen LogP contribution in [0, 0.1) is 11.8 Å². The van der Waals surface area contributed by atoms with Crippen LogP contribution in [0.5, 0.6) is 0 Å². The minimum Gasteiger partial charge on any atom is -0.465 e. The topological polar surface area (TPSA) is 87.2 Å². The predicted molar refractivity (Wildman–Crippen MR) is 132 cm³/mol. The number of likely N-dealkylation sites (tertiary alicyclic amines) is 1. The van der Waals surface area contributed by atoms with Crippen LogP contribution in [0.3, 0.4) is 0 Å². The smallest absolute Gasteiger partial charge is 0.311 e. The van der Waals surface area contributed by atoms with Crippen molar-refractivity contribution < 1.29 is 24.2 Å². The molecule has 0 saturated carbocycles. The molecule has 2 amide bonds. The Morgan fingerprint density at radius 2 is 1.85 bits per heavy atom. The number of carbonyl (C=O) groups is 3. The molecular formula is C26H38N2O5S. The fourth-order valence-electron chi connectivity index (χ4n) is 6.10. The minimum atomic E-state index is -0.801. The van der Waals surface area contributed by atoms with Crippen molar-refractivity contribution in [2.24, 2.45) is 11.8 Å². The average molecular weight is 491 g/mol. The Bertz CT molecular complexity index is 873. The standard InChI is InChI=1S/C26H38N2O5S/c1-18(2)27-15-11-13-26-19(20-24(32)33-17-10-6-7-12-25(20,3)34-26)22(30)28(21(26)23(27)31)14-8-4-5-9-16-29/h7,11-13,18-21,29H,4-6,8-10,14-17H2,1-3H3/b12-7-/t19-,20-,21?,25+,26-/m0/s1. The Labute approximate surface area is 206 Å². The van der Waals surface area contributed by atoms with Crippen molar-refractivity contribution in [2.75, 3.05) is 26.3 Å². The number of thioether (sulfide) groups is 1. The highest BCUT2D eigenvalue weighted by molar-refractivity contribution is 8.02. The van der Waals surface area contributed by atoms with Crippen LogP contribution < -0.4 is 0 Å². The first-order chi connectivity index (χ1) is 16.3. The molecule has 0 radical (unpaired) electrons. The molecular weight excluding hydrogens is 452 g/mol. The van der Waals surface area contributed by atoms with Crippen molar-refractivity contribution in [3.05, 3.63) is 24.3 Å². The SMILES string of the molecule is CC(C)N1CC=C[C@]23S[C@]4(C)/C=C\CCCOC(=O)[C@@H]4[C@H]2C(=O)N(CCCCCCO)C3C1=O. The van der Waals surface area contributed by atoms with E-state index >= 15 is 0 Å². The Kier molecular flexibility index (Phi) is 7.48. The molecule has 4 aliphatic heterocycles. The van der Waals surface area contributed by atoms with Crippen LogP contribution in [0.1, 0.15) is 59.3 Å². The van der Waals surface area contributed by atoms with Gasteiger partial charge in [-0.2, -0.15) is 0 Å². The summed E-state index contributed by atoms with van der Waals surface area (Å²) in [5, 5.41) is 9.08. The number of hydrogen-bond acceptors (Lipinski definition) is 6. The maximum absolute atomic E-state index is 14.1. The van der Waals surface area contributed by atoms with Gasteiger partial charge in [-0.05, 0) is 46.5 Å². The molecule has 0 aromatic carbocycles. The molecule has 0 aliphatic carbocycles. The number of aliphatic hydroxyl groups excluding tert-OH is 1. The number of fused-ring (bicyclic) bond motifs is 2. The first-order valence-corrected chi connectivity index (χ1v) is 13.5. The van der Waals surface area contributed by atoms with Gasteiger partial charge >= 0.3 is 5.97 Å². The number of allylic oxidation sites excluding steroid dienone is 1. The summed E-state index contributed by atoms with van der Waals surface area (Å²) in [6.07, 6.45) is 13.1. The highest BCUT2D eigenvalue weighted by atomic mass is 32.2. The normalized spacial score (nSPS) is 36.4. The molecule has 4 heterocycles. The van der Waals surface area contributed by atoms with Crippen LogP contribution >= 0.6 is 11.8 Å². The summed E-state index contributed by atoms with van der Waals surface area (Å²) in [6.45, 7) is 7.51. The molecule has 0 aromatic rings. The summed E-state index contributed by atoms with van der Waals surface area (Å²) in [4.78, 5) is 45.0. The van der Waals surface area contributed by atoms with Gasteiger partial charge in [-0.25, -0.2) is 0 Å². The van der Waals surface area contributed by atoms with Gasteiger partial charge in [0, 0.05) is 30.5 Å². The second-order valence-corrected chi connectivity index (χ2v) is 12.2. The van der Waals surface area contributed by atoms with Gasteiger partial charge in [0.15, 0.2) is 0 Å². The zero-order chi connectivity index (χ0) is 24.5. The fraction of sp³-hybridized carbons (Fsp3) is 0.731. The van der Waals surface area contributed by atoms with E-state index in [9.17, 15) is 14.4 Å². The van der Waals surface area contributed by atoms with Crippen LogP contribution in [0.25, 0.3) is 0 Å². The molecule has 7 nitrogen and oxygen atoms in total. The Morgan fingerprint density at radius 3 is 2.59 bits per heavy atom. The van der Waals surface area contributed by atoms with Crippen LogP contribution in [0.15, 0.2) is 24.3 Å². The average Bonchev–Trinajstić information content (AvgIpc) is 3.12. The van der Waals surface area contributed by atoms with E-state index in [1.54, 1.807) is 16.7 Å². The van der Waals surface area contributed by atoms with Crippen molar-refractivity contribution in [1.82, 2.24) is 9.80 Å².